The van der Waals surface area contributed by atoms with Crippen LogP contribution in [0.3, 0.4) is 0 Å². The Hall–Kier alpha value is -2.11. The van der Waals surface area contributed by atoms with Crippen LogP contribution < -0.4 is 11.4 Å². The van der Waals surface area contributed by atoms with Crippen molar-refractivity contribution >= 4 is 11.7 Å². The number of carbonyl (C=O) groups is 2. The van der Waals surface area contributed by atoms with Crippen molar-refractivity contribution in [3.05, 3.63) is 28.3 Å². The monoisotopic (exact) mass is 211 g/mol. The fourth-order valence-corrected chi connectivity index (χ4v) is 1.05. The first-order valence-corrected chi connectivity index (χ1v) is 4.10. The molecule has 0 aliphatic rings. The van der Waals surface area contributed by atoms with E-state index in [0.29, 0.717) is 0 Å². The van der Waals surface area contributed by atoms with E-state index in [2.05, 4.69) is 4.42 Å². The zero-order chi connectivity index (χ0) is 11.4. The molecule has 1 heterocycles. The highest BCUT2D eigenvalue weighted by Gasteiger charge is 2.10. The summed E-state index contributed by atoms with van der Waals surface area (Å²) in [4.78, 5) is 32.3. The number of rotatable bonds is 4. The third kappa shape index (κ3) is 3.63. The van der Waals surface area contributed by atoms with E-state index in [-0.39, 0.29) is 17.9 Å². The van der Waals surface area contributed by atoms with Gasteiger partial charge in [-0.05, 0) is 0 Å². The molecule has 6 heteroatoms. The molecule has 0 aromatic carbocycles. The molecule has 3 N–H and O–H groups in total. The van der Waals surface area contributed by atoms with E-state index in [1.54, 1.807) is 0 Å². The van der Waals surface area contributed by atoms with E-state index in [1.165, 1.54) is 0 Å². The van der Waals surface area contributed by atoms with Crippen LogP contribution in [-0.2, 0) is 16.0 Å². The van der Waals surface area contributed by atoms with Crippen molar-refractivity contribution < 1.29 is 19.1 Å². The molecule has 0 radical (unpaired) electrons. The van der Waals surface area contributed by atoms with Crippen LogP contribution in [0.15, 0.2) is 21.3 Å². The number of carbonyl (C=O) groups excluding carboxylic acids is 2. The summed E-state index contributed by atoms with van der Waals surface area (Å²) in [5.41, 5.74) is 4.05. The number of primary amides is 1. The standard InChI is InChI=1S/C9H9NO5/c10-8(13)3-5(11)1-7-2-6(12)4-9(14)15-7/h2,4,12H,1,3H2,(H2,10,13). The highest BCUT2D eigenvalue weighted by molar-refractivity contribution is 5.97. The Morgan fingerprint density at radius 2 is 2.07 bits per heavy atom. The third-order valence-electron chi connectivity index (χ3n) is 1.55. The number of ketones is 1. The predicted octanol–water partition coefficient (Wildman–Crippen LogP) is -0.668. The summed E-state index contributed by atoms with van der Waals surface area (Å²) in [5, 5.41) is 9.03. The number of aromatic hydroxyl groups is 1. The first kappa shape index (κ1) is 11.0. The van der Waals surface area contributed by atoms with E-state index in [1.807, 2.05) is 0 Å². The van der Waals surface area contributed by atoms with Gasteiger partial charge in [-0.1, -0.05) is 0 Å². The maximum Gasteiger partial charge on any atom is 0.339 e. The summed E-state index contributed by atoms with van der Waals surface area (Å²) in [6, 6.07) is 2.02. The van der Waals surface area contributed by atoms with Gasteiger partial charge < -0.3 is 15.3 Å². The molecule has 0 bridgehead atoms. The summed E-state index contributed by atoms with van der Waals surface area (Å²) in [6.45, 7) is 0. The Morgan fingerprint density at radius 3 is 2.60 bits per heavy atom. The van der Waals surface area contributed by atoms with Crippen molar-refractivity contribution in [1.29, 1.82) is 0 Å². The molecular weight excluding hydrogens is 202 g/mol. The highest BCUT2D eigenvalue weighted by Crippen LogP contribution is 2.08. The van der Waals surface area contributed by atoms with Gasteiger partial charge in [0.05, 0.1) is 18.9 Å². The minimum Gasteiger partial charge on any atom is -0.508 e. The van der Waals surface area contributed by atoms with Gasteiger partial charge >= 0.3 is 5.63 Å². The Bertz CT molecular complexity index is 448. The molecule has 1 amide bonds. The maximum absolute atomic E-state index is 11.1. The predicted molar refractivity (Wildman–Crippen MR) is 49.2 cm³/mol. The van der Waals surface area contributed by atoms with Crippen molar-refractivity contribution in [3.8, 4) is 5.75 Å². The van der Waals surface area contributed by atoms with Crippen molar-refractivity contribution in [2.24, 2.45) is 5.73 Å². The normalized spacial score (nSPS) is 9.87. The molecule has 0 aliphatic carbocycles. The molecule has 0 aliphatic heterocycles. The lowest BCUT2D eigenvalue weighted by atomic mass is 10.1. The van der Waals surface area contributed by atoms with Gasteiger partial charge in [0.1, 0.15) is 17.3 Å². The van der Waals surface area contributed by atoms with Gasteiger partial charge in [-0.3, -0.25) is 9.59 Å². The van der Waals surface area contributed by atoms with Crippen molar-refractivity contribution in [1.82, 2.24) is 0 Å². The average molecular weight is 211 g/mol. The Morgan fingerprint density at radius 1 is 1.40 bits per heavy atom. The molecule has 0 unspecified atom stereocenters. The second-order valence-corrected chi connectivity index (χ2v) is 2.96. The fourth-order valence-electron chi connectivity index (χ4n) is 1.05. The SMILES string of the molecule is NC(=O)CC(=O)Cc1cc(O)cc(=O)o1. The van der Waals surface area contributed by atoms with Crippen LogP contribution in [0, 0.1) is 0 Å². The van der Waals surface area contributed by atoms with Crippen LogP contribution in [0.1, 0.15) is 12.2 Å². The van der Waals surface area contributed by atoms with Crippen LogP contribution in [0.5, 0.6) is 5.75 Å². The molecule has 0 spiro atoms. The van der Waals surface area contributed by atoms with Crippen molar-refractivity contribution in [2.45, 2.75) is 12.8 Å². The number of nitrogens with two attached hydrogens (primary N) is 1. The second-order valence-electron chi connectivity index (χ2n) is 2.96. The molecule has 1 rings (SSSR count). The average Bonchev–Trinajstić information content (AvgIpc) is 1.98. The number of hydrogen-bond donors (Lipinski definition) is 2. The van der Waals surface area contributed by atoms with Crippen LogP contribution in [-0.4, -0.2) is 16.8 Å². The van der Waals surface area contributed by atoms with Gasteiger partial charge in [0, 0.05) is 6.07 Å². The van der Waals surface area contributed by atoms with Crippen molar-refractivity contribution in [3.63, 3.8) is 0 Å². The van der Waals surface area contributed by atoms with Crippen LogP contribution in [0.2, 0.25) is 0 Å². The van der Waals surface area contributed by atoms with Crippen LogP contribution in [0.25, 0.3) is 0 Å². The first-order chi connectivity index (χ1) is 6.97. The van der Waals surface area contributed by atoms with Gasteiger partial charge in [0.15, 0.2) is 0 Å². The molecule has 1 aromatic heterocycles. The van der Waals surface area contributed by atoms with Gasteiger partial charge in [0.25, 0.3) is 0 Å². The lowest BCUT2D eigenvalue weighted by Gasteiger charge is -1.98. The van der Waals surface area contributed by atoms with Crippen LogP contribution in [0.4, 0.5) is 0 Å². The summed E-state index contributed by atoms with van der Waals surface area (Å²) >= 11 is 0. The van der Waals surface area contributed by atoms with Gasteiger partial charge in [-0.15, -0.1) is 0 Å². The molecule has 15 heavy (non-hydrogen) atoms. The Balaban J connectivity index is 2.76. The van der Waals surface area contributed by atoms with E-state index >= 15 is 0 Å². The molecule has 80 valence electrons. The second kappa shape index (κ2) is 4.41. The van der Waals surface area contributed by atoms with Gasteiger partial charge in [-0.2, -0.15) is 0 Å². The first-order valence-electron chi connectivity index (χ1n) is 4.10. The summed E-state index contributed by atoms with van der Waals surface area (Å²) in [6.07, 6.45) is -0.661. The lowest BCUT2D eigenvalue weighted by molar-refractivity contribution is -0.126. The number of amides is 1. The van der Waals surface area contributed by atoms with Crippen LogP contribution >= 0.6 is 0 Å². The molecule has 0 fully saturated rings. The molecule has 0 atom stereocenters. The van der Waals surface area contributed by atoms with E-state index in [4.69, 9.17) is 10.8 Å². The maximum atomic E-state index is 11.1. The quantitative estimate of drug-likeness (QED) is 0.642. The highest BCUT2D eigenvalue weighted by atomic mass is 16.4. The largest absolute Gasteiger partial charge is 0.508 e. The smallest absolute Gasteiger partial charge is 0.339 e. The van der Waals surface area contributed by atoms with E-state index < -0.39 is 23.7 Å². The molecular formula is C9H9NO5. The number of Topliss-reactive ketones (excluding diaryl/α,β-unsaturated/α-hetero) is 1. The lowest BCUT2D eigenvalue weighted by Crippen LogP contribution is -2.17. The van der Waals surface area contributed by atoms with Crippen molar-refractivity contribution in [2.75, 3.05) is 0 Å². The Labute approximate surface area is 84.3 Å². The topological polar surface area (TPSA) is 111 Å². The summed E-state index contributed by atoms with van der Waals surface area (Å²) in [5.74, 6) is -1.50. The molecule has 1 aromatic rings. The third-order valence-corrected chi connectivity index (χ3v) is 1.55. The molecule has 0 saturated carbocycles. The van der Waals surface area contributed by atoms with Gasteiger partial charge in [0.2, 0.25) is 5.91 Å². The summed E-state index contributed by atoms with van der Waals surface area (Å²) in [7, 11) is 0. The van der Waals surface area contributed by atoms with E-state index in [9.17, 15) is 14.4 Å². The molecule has 0 saturated heterocycles. The summed E-state index contributed by atoms with van der Waals surface area (Å²) < 4.78 is 4.62. The minimum absolute atomic E-state index is 0.00579. The van der Waals surface area contributed by atoms with E-state index in [0.717, 1.165) is 12.1 Å². The zero-order valence-electron chi connectivity index (χ0n) is 7.73. The zero-order valence-corrected chi connectivity index (χ0v) is 7.73. The van der Waals surface area contributed by atoms with Gasteiger partial charge in [-0.25, -0.2) is 4.79 Å². The minimum atomic E-state index is -0.753. The fraction of sp³-hybridized carbons (Fsp3) is 0.222. The number of hydrogen-bond acceptors (Lipinski definition) is 5. The Kier molecular flexibility index (Phi) is 3.22. The molecule has 6 nitrogen and oxygen atoms in total.